The van der Waals surface area contributed by atoms with Crippen LogP contribution >= 0.6 is 0 Å². The van der Waals surface area contributed by atoms with E-state index in [4.69, 9.17) is 9.47 Å². The number of carbonyl (C=O) groups excluding carboxylic acids is 2. The number of hydrogen-bond donors (Lipinski definition) is 1. The Balaban J connectivity index is 1.44. The Labute approximate surface area is 170 Å². The molecule has 0 unspecified atom stereocenters. The molecule has 0 radical (unpaired) electrons. The molecule has 2 heterocycles. The summed E-state index contributed by atoms with van der Waals surface area (Å²) in [6.07, 6.45) is 0.806. The van der Waals surface area contributed by atoms with Gasteiger partial charge in [0.25, 0.3) is 0 Å². The van der Waals surface area contributed by atoms with Gasteiger partial charge in [0.1, 0.15) is 12.7 Å². The van der Waals surface area contributed by atoms with Crippen LogP contribution in [0.2, 0.25) is 0 Å². The Hall–Kier alpha value is -3.02. The second-order valence-corrected chi connectivity index (χ2v) is 7.71. The van der Waals surface area contributed by atoms with Crippen molar-refractivity contribution in [2.75, 3.05) is 18.4 Å². The monoisotopic (exact) mass is 394 g/mol. The summed E-state index contributed by atoms with van der Waals surface area (Å²) in [6.45, 7) is 2.86. The van der Waals surface area contributed by atoms with Crippen LogP contribution in [0.4, 0.5) is 10.5 Å². The third-order valence-corrected chi connectivity index (χ3v) is 5.64. The maximum absolute atomic E-state index is 12.8. The maximum Gasteiger partial charge on any atom is 0.410 e. The first-order chi connectivity index (χ1) is 14.1. The Kier molecular flexibility index (Phi) is 5.69. The zero-order valence-electron chi connectivity index (χ0n) is 16.5. The number of fused-ring (bicyclic) bond motifs is 1. The number of nitrogens with one attached hydrogen (secondary N) is 1. The number of amides is 1. The van der Waals surface area contributed by atoms with Crippen molar-refractivity contribution in [3.63, 3.8) is 0 Å². The van der Waals surface area contributed by atoms with Crippen LogP contribution in [0.25, 0.3) is 0 Å². The fourth-order valence-electron chi connectivity index (χ4n) is 4.34. The summed E-state index contributed by atoms with van der Waals surface area (Å²) < 4.78 is 11.0. The second-order valence-electron chi connectivity index (χ2n) is 7.71. The first kappa shape index (κ1) is 19.3. The molecule has 2 aromatic rings. The van der Waals surface area contributed by atoms with E-state index in [1.165, 1.54) is 12.5 Å². The molecule has 3 atom stereocenters. The van der Waals surface area contributed by atoms with Gasteiger partial charge < -0.3 is 19.7 Å². The van der Waals surface area contributed by atoms with Gasteiger partial charge in [-0.1, -0.05) is 48.5 Å². The number of benzene rings is 2. The summed E-state index contributed by atoms with van der Waals surface area (Å²) in [5.41, 5.74) is 3.38. The number of carbonyl (C=O) groups is 2. The number of hydrogen-bond acceptors (Lipinski definition) is 5. The number of likely N-dealkylation sites (tertiary alicyclic amines) is 1. The van der Waals surface area contributed by atoms with E-state index in [1.807, 2.05) is 42.5 Å². The highest BCUT2D eigenvalue weighted by Crippen LogP contribution is 2.37. The summed E-state index contributed by atoms with van der Waals surface area (Å²) in [7, 11) is 0. The lowest BCUT2D eigenvalue weighted by atomic mass is 9.93. The number of nitrogens with zero attached hydrogens (tertiary/aromatic N) is 1. The van der Waals surface area contributed by atoms with E-state index in [0.717, 1.165) is 24.2 Å². The van der Waals surface area contributed by atoms with Crippen LogP contribution in [0.3, 0.4) is 0 Å². The molecule has 2 aromatic carbocycles. The van der Waals surface area contributed by atoms with E-state index < -0.39 is 0 Å². The minimum Gasteiger partial charge on any atom is -0.461 e. The molecule has 152 valence electrons. The maximum atomic E-state index is 12.8. The van der Waals surface area contributed by atoms with Gasteiger partial charge in [-0.25, -0.2) is 4.79 Å². The molecule has 6 nitrogen and oxygen atoms in total. The third-order valence-electron chi connectivity index (χ3n) is 5.64. The molecule has 1 amide bonds. The molecule has 0 saturated carbocycles. The highest BCUT2D eigenvalue weighted by atomic mass is 16.6. The molecular weight excluding hydrogens is 368 g/mol. The Morgan fingerprint density at radius 1 is 1.10 bits per heavy atom. The van der Waals surface area contributed by atoms with Crippen LogP contribution in [0, 0.1) is 0 Å². The second kappa shape index (κ2) is 8.55. The van der Waals surface area contributed by atoms with Gasteiger partial charge in [-0.3, -0.25) is 4.79 Å². The van der Waals surface area contributed by atoms with Crippen LogP contribution in [-0.2, 0) is 20.9 Å². The first-order valence-electron chi connectivity index (χ1n) is 10.1. The van der Waals surface area contributed by atoms with Gasteiger partial charge in [0.15, 0.2) is 0 Å². The van der Waals surface area contributed by atoms with Crippen molar-refractivity contribution in [2.24, 2.45) is 0 Å². The lowest BCUT2D eigenvalue weighted by Crippen LogP contribution is -2.37. The predicted octanol–water partition coefficient (Wildman–Crippen LogP) is 3.93. The average molecular weight is 394 g/mol. The van der Waals surface area contributed by atoms with Gasteiger partial charge in [-0.2, -0.15) is 0 Å². The Morgan fingerprint density at radius 3 is 2.66 bits per heavy atom. The van der Waals surface area contributed by atoms with E-state index in [-0.39, 0.29) is 30.8 Å². The van der Waals surface area contributed by atoms with Crippen molar-refractivity contribution in [1.82, 2.24) is 4.90 Å². The molecule has 29 heavy (non-hydrogen) atoms. The lowest BCUT2D eigenvalue weighted by molar-refractivity contribution is -0.145. The van der Waals surface area contributed by atoms with Gasteiger partial charge in [-0.15, -0.1) is 0 Å². The average Bonchev–Trinajstić information content (AvgIpc) is 3.31. The molecule has 0 bridgehead atoms. The summed E-state index contributed by atoms with van der Waals surface area (Å²) in [4.78, 5) is 26.0. The Bertz CT molecular complexity index is 870. The third kappa shape index (κ3) is 4.53. The Morgan fingerprint density at radius 2 is 1.86 bits per heavy atom. The van der Waals surface area contributed by atoms with Gasteiger partial charge in [0, 0.05) is 37.5 Å². The summed E-state index contributed by atoms with van der Waals surface area (Å²) >= 11 is 0. The van der Waals surface area contributed by atoms with Crippen molar-refractivity contribution in [1.29, 1.82) is 0 Å². The summed E-state index contributed by atoms with van der Waals surface area (Å²) in [5, 5.41) is 3.44. The van der Waals surface area contributed by atoms with E-state index in [0.29, 0.717) is 18.9 Å². The molecule has 0 aromatic heterocycles. The fraction of sp³-hybridized carbons (Fsp3) is 0.391. The standard InChI is InChI=1S/C23H26N2O4/c1-16(26)29-20-12-19(11-18-13-24-22-10-6-5-9-21(18)22)25(14-20)23(27)28-15-17-7-3-2-4-8-17/h2-10,18-20,24H,11-15H2,1H3/t18-,19-,20+/m1/s1. The first-order valence-corrected chi connectivity index (χ1v) is 10.1. The van der Waals surface area contributed by atoms with Crippen molar-refractivity contribution in [3.8, 4) is 0 Å². The molecule has 0 aliphatic carbocycles. The van der Waals surface area contributed by atoms with Gasteiger partial charge in [0.05, 0.1) is 6.54 Å². The van der Waals surface area contributed by atoms with Gasteiger partial charge in [0.2, 0.25) is 0 Å². The molecule has 2 aliphatic rings. The largest absolute Gasteiger partial charge is 0.461 e. The normalized spacial score (nSPS) is 22.7. The number of rotatable bonds is 5. The highest BCUT2D eigenvalue weighted by Gasteiger charge is 2.40. The van der Waals surface area contributed by atoms with Crippen LogP contribution in [-0.4, -0.2) is 42.2 Å². The minimum absolute atomic E-state index is 0.0272. The molecule has 6 heteroatoms. The minimum atomic E-state index is -0.354. The molecule has 4 rings (SSSR count). The number of ether oxygens (including phenoxy) is 2. The van der Waals surface area contributed by atoms with Crippen LogP contribution in [0.5, 0.6) is 0 Å². The number of para-hydroxylation sites is 1. The van der Waals surface area contributed by atoms with E-state index in [9.17, 15) is 9.59 Å². The van der Waals surface area contributed by atoms with E-state index >= 15 is 0 Å². The zero-order chi connectivity index (χ0) is 20.2. The topological polar surface area (TPSA) is 67.9 Å². The summed E-state index contributed by atoms with van der Waals surface area (Å²) in [5.74, 6) is -0.00201. The molecule has 2 aliphatic heterocycles. The van der Waals surface area contributed by atoms with E-state index in [2.05, 4.69) is 17.4 Å². The smallest absolute Gasteiger partial charge is 0.410 e. The molecule has 0 spiro atoms. The van der Waals surface area contributed by atoms with Crippen molar-refractivity contribution < 1.29 is 19.1 Å². The van der Waals surface area contributed by atoms with Crippen molar-refractivity contribution in [2.45, 2.75) is 44.4 Å². The number of anilines is 1. The van der Waals surface area contributed by atoms with Crippen LogP contribution < -0.4 is 5.32 Å². The molecular formula is C23H26N2O4. The number of esters is 1. The van der Waals surface area contributed by atoms with Gasteiger partial charge in [-0.05, 0) is 23.6 Å². The van der Waals surface area contributed by atoms with Crippen LogP contribution in [0.1, 0.15) is 36.8 Å². The molecule has 1 fully saturated rings. The van der Waals surface area contributed by atoms with E-state index in [1.54, 1.807) is 4.90 Å². The van der Waals surface area contributed by atoms with Gasteiger partial charge >= 0.3 is 12.1 Å². The lowest BCUT2D eigenvalue weighted by Gasteiger charge is -2.26. The SMILES string of the molecule is CC(=O)O[C@H]1C[C@@H](C[C@@H]2CNc3ccccc32)N(C(=O)OCc2ccccc2)C1. The highest BCUT2D eigenvalue weighted by molar-refractivity contribution is 5.69. The van der Waals surface area contributed by atoms with Crippen LogP contribution in [0.15, 0.2) is 54.6 Å². The zero-order valence-corrected chi connectivity index (χ0v) is 16.5. The molecule has 1 saturated heterocycles. The predicted molar refractivity (Wildman–Crippen MR) is 110 cm³/mol. The fourth-order valence-corrected chi connectivity index (χ4v) is 4.34. The van der Waals surface area contributed by atoms with Crippen molar-refractivity contribution >= 4 is 17.7 Å². The molecule has 1 N–H and O–H groups in total. The summed E-state index contributed by atoms with van der Waals surface area (Å²) in [6, 6.07) is 17.9. The van der Waals surface area contributed by atoms with Crippen molar-refractivity contribution in [3.05, 3.63) is 65.7 Å². The quantitative estimate of drug-likeness (QED) is 0.779.